The summed E-state index contributed by atoms with van der Waals surface area (Å²) in [7, 11) is 0. The lowest BCUT2D eigenvalue weighted by atomic mass is 9.85. The number of nitrogens with one attached hydrogen (secondary N) is 2. The molecule has 378 valence electrons. The Morgan fingerprint density at radius 2 is 1.76 bits per heavy atom. The van der Waals surface area contributed by atoms with Crippen LogP contribution in [-0.2, 0) is 50.8 Å². The number of hydrogen-bond donors (Lipinski definition) is 3. The second kappa shape index (κ2) is 22.9. The number of hydrogen-bond acceptors (Lipinski definition) is 12. The van der Waals surface area contributed by atoms with Gasteiger partial charge in [0.25, 0.3) is 5.91 Å². The fourth-order valence-corrected chi connectivity index (χ4v) is 9.04. The highest BCUT2D eigenvalue weighted by Gasteiger charge is 2.51. The standard InChI is InChI=1S/C49H59F4N7O9S/c1-47(2,3)42(44(64)58-27-34(61)23-39(58)43(63)56-25-30-9-16-36(38(50)21-30)40-26-55-29-69-40)57-41(62)28-67-19-8-18-66-17-6-7-20-68-35-14-12-32(13-15-35)60-46(70)59(45(65)48(60,4)5)33-11-10-31(24-54)37(22-33)49(51,52)53/h9-12,14,16,21-22,29,34,39-40,42,61H,6-8,13,15,17-20,23,25-28H2,1-5H3,(H,56,63)(H,57,62)/t34-,39?,40?,42-/m1/s1. The van der Waals surface area contributed by atoms with E-state index in [1.54, 1.807) is 69.9 Å². The van der Waals surface area contributed by atoms with Crippen LogP contribution >= 0.6 is 12.2 Å². The number of aliphatic hydroxyl groups excluding tert-OH is 1. The Hall–Kier alpha value is -5.95. The van der Waals surface area contributed by atoms with Crippen LogP contribution in [0.1, 0.15) is 102 Å². The molecule has 0 aromatic heterocycles. The van der Waals surface area contributed by atoms with E-state index in [2.05, 4.69) is 15.6 Å². The monoisotopic (exact) mass is 997 g/mol. The maximum absolute atomic E-state index is 14.8. The number of benzene rings is 2. The van der Waals surface area contributed by atoms with Gasteiger partial charge in [-0.2, -0.15) is 18.4 Å². The summed E-state index contributed by atoms with van der Waals surface area (Å²) in [4.78, 5) is 61.8. The van der Waals surface area contributed by atoms with Crippen molar-refractivity contribution >= 4 is 53.0 Å². The molecule has 0 bridgehead atoms. The van der Waals surface area contributed by atoms with Crippen molar-refractivity contribution in [2.24, 2.45) is 10.4 Å². The van der Waals surface area contributed by atoms with Gasteiger partial charge < -0.3 is 44.5 Å². The van der Waals surface area contributed by atoms with Crippen LogP contribution in [0.15, 0.2) is 65.0 Å². The molecule has 1 aliphatic carbocycles. The van der Waals surface area contributed by atoms with Gasteiger partial charge in [-0.1, -0.05) is 32.9 Å². The maximum atomic E-state index is 14.8. The van der Waals surface area contributed by atoms with Gasteiger partial charge in [0, 0.05) is 57.0 Å². The average molecular weight is 998 g/mol. The fourth-order valence-electron chi connectivity index (χ4n) is 8.50. The minimum Gasteiger partial charge on any atom is -0.498 e. The van der Waals surface area contributed by atoms with E-state index in [-0.39, 0.29) is 43.5 Å². The minimum absolute atomic E-state index is 0.00118. The van der Waals surface area contributed by atoms with Crippen LogP contribution in [0, 0.1) is 22.6 Å². The van der Waals surface area contributed by atoms with Gasteiger partial charge >= 0.3 is 6.18 Å². The molecule has 2 unspecified atom stereocenters. The Morgan fingerprint density at radius 3 is 2.41 bits per heavy atom. The molecule has 0 spiro atoms. The molecule has 3 N–H and O–H groups in total. The molecule has 0 radical (unpaired) electrons. The number of carbonyl (C=O) groups excluding carboxylic acids is 4. The number of aliphatic imine (C=N–C) groups is 1. The van der Waals surface area contributed by atoms with Crippen molar-refractivity contribution in [3.63, 3.8) is 0 Å². The number of thiocarbonyl (C=S) groups is 1. The summed E-state index contributed by atoms with van der Waals surface area (Å²) in [6.45, 7) is 10.1. The molecule has 4 atom stereocenters. The normalized spacial score (nSPS) is 20.5. The molecule has 2 aromatic carbocycles. The van der Waals surface area contributed by atoms with Crippen LogP contribution in [0.4, 0.5) is 23.2 Å². The minimum atomic E-state index is -4.80. The van der Waals surface area contributed by atoms with Gasteiger partial charge in [0.1, 0.15) is 36.2 Å². The second-order valence-corrected chi connectivity index (χ2v) is 19.3. The van der Waals surface area contributed by atoms with Crippen molar-refractivity contribution in [2.45, 2.75) is 116 Å². The van der Waals surface area contributed by atoms with Crippen molar-refractivity contribution < 1.29 is 60.8 Å². The predicted molar refractivity (Wildman–Crippen MR) is 252 cm³/mol. The van der Waals surface area contributed by atoms with E-state index in [4.69, 9.17) is 31.2 Å². The largest absolute Gasteiger partial charge is 0.498 e. The first kappa shape index (κ1) is 53.4. The van der Waals surface area contributed by atoms with Crippen LogP contribution in [0.25, 0.3) is 0 Å². The average Bonchev–Trinajstić information content (AvgIpc) is 4.03. The molecule has 2 aromatic rings. The van der Waals surface area contributed by atoms with Crippen LogP contribution in [0.2, 0.25) is 0 Å². The predicted octanol–water partition coefficient (Wildman–Crippen LogP) is 6.12. The number of anilines is 1. The summed E-state index contributed by atoms with van der Waals surface area (Å²) < 4.78 is 78.5. The number of β-amino-alcohol motifs (C(OH)–C–C–N with tert-alkyl or cyclic N) is 1. The molecule has 6 rings (SSSR count). The molecular weight excluding hydrogens is 939 g/mol. The van der Waals surface area contributed by atoms with E-state index in [1.807, 2.05) is 0 Å². The summed E-state index contributed by atoms with van der Waals surface area (Å²) >= 11 is 5.65. The summed E-state index contributed by atoms with van der Waals surface area (Å²) in [6, 6.07) is 7.16. The number of allylic oxidation sites excluding steroid dienone is 4. The molecule has 2 saturated heterocycles. The molecule has 21 heteroatoms. The quantitative estimate of drug-likeness (QED) is 0.0783. The molecule has 2 fully saturated rings. The number of nitriles is 1. The number of alkyl halides is 3. The first-order valence-electron chi connectivity index (χ1n) is 23.1. The molecule has 4 aliphatic rings. The molecule has 70 heavy (non-hydrogen) atoms. The third-order valence-corrected chi connectivity index (χ3v) is 12.6. The van der Waals surface area contributed by atoms with Crippen LogP contribution in [-0.4, -0.2) is 120 Å². The Balaban J connectivity index is 0.865. The number of amides is 4. The highest BCUT2D eigenvalue weighted by molar-refractivity contribution is 7.80. The molecule has 0 saturated carbocycles. The smallest absolute Gasteiger partial charge is 0.417 e. The molecule has 3 heterocycles. The first-order valence-corrected chi connectivity index (χ1v) is 23.5. The van der Waals surface area contributed by atoms with Gasteiger partial charge in [0.2, 0.25) is 17.7 Å². The summed E-state index contributed by atoms with van der Waals surface area (Å²) in [5.74, 6) is -1.82. The number of carbonyl (C=O) groups is 4. The number of ether oxygens (including phenoxy) is 4. The van der Waals surface area contributed by atoms with Crippen LogP contribution in [0.5, 0.6) is 0 Å². The number of rotatable bonds is 20. The lowest BCUT2D eigenvalue weighted by molar-refractivity contribution is -0.144. The zero-order valence-corrected chi connectivity index (χ0v) is 40.6. The summed E-state index contributed by atoms with van der Waals surface area (Å²) in [6.07, 6.45) is 1.54. The lowest BCUT2D eigenvalue weighted by Gasteiger charge is -2.35. The van der Waals surface area contributed by atoms with Crippen molar-refractivity contribution in [2.75, 3.05) is 51.0 Å². The summed E-state index contributed by atoms with van der Waals surface area (Å²) in [5, 5.41) is 25.2. The van der Waals surface area contributed by atoms with Crippen molar-refractivity contribution in [1.82, 2.24) is 20.4 Å². The number of nitrogens with zero attached hydrogens (tertiary/aromatic N) is 5. The molecular formula is C49H59F4N7O9S. The van der Waals surface area contributed by atoms with E-state index >= 15 is 0 Å². The van der Waals surface area contributed by atoms with Gasteiger partial charge in [-0.15, -0.1) is 0 Å². The zero-order valence-electron chi connectivity index (χ0n) is 39.8. The van der Waals surface area contributed by atoms with Crippen molar-refractivity contribution in [3.8, 4) is 6.07 Å². The number of unbranched alkanes of at least 4 members (excludes halogenated alkanes) is 1. The number of aliphatic hydroxyl groups is 1. The van der Waals surface area contributed by atoms with E-state index < -0.39 is 82.0 Å². The Kier molecular flexibility index (Phi) is 17.4. The number of likely N-dealkylation sites (tertiary alicyclic amines) is 1. The molecule has 16 nitrogen and oxygen atoms in total. The Labute approximate surface area is 409 Å². The topological polar surface area (TPSA) is 195 Å². The summed E-state index contributed by atoms with van der Waals surface area (Å²) in [5.41, 5.74) is -2.15. The van der Waals surface area contributed by atoms with Gasteiger partial charge in [-0.3, -0.25) is 29.1 Å². The SMILES string of the molecule is CC(C)(C)[C@H](NC(=O)COCCCOCCCCOC1=CC=C(N2C(=S)N(c3ccc(C#N)c(C(F)(F)F)c3)C(=O)C2(C)C)CC1)C(=O)N1C[C@H](O)CC1C(=O)NCc1ccc(C2CN=CO2)c(F)c1. The second-order valence-electron chi connectivity index (χ2n) is 19.0. The van der Waals surface area contributed by atoms with E-state index in [0.717, 1.165) is 29.2 Å². The maximum Gasteiger partial charge on any atom is 0.417 e. The highest BCUT2D eigenvalue weighted by atomic mass is 32.1. The van der Waals surface area contributed by atoms with E-state index in [9.17, 15) is 47.1 Å². The molecule has 3 aliphatic heterocycles. The lowest BCUT2D eigenvalue weighted by Crippen LogP contribution is -2.58. The number of halogens is 4. The Bertz CT molecular complexity index is 2430. The van der Waals surface area contributed by atoms with Crippen molar-refractivity contribution in [1.29, 1.82) is 5.26 Å². The van der Waals surface area contributed by atoms with Gasteiger partial charge in [-0.05, 0) is 99.1 Å². The van der Waals surface area contributed by atoms with Gasteiger partial charge in [0.05, 0.1) is 47.9 Å². The molecule has 4 amide bonds. The van der Waals surface area contributed by atoms with Crippen LogP contribution in [0.3, 0.4) is 0 Å². The third-order valence-electron chi connectivity index (χ3n) is 12.2. The van der Waals surface area contributed by atoms with Crippen LogP contribution < -0.4 is 15.5 Å². The van der Waals surface area contributed by atoms with Crippen molar-refractivity contribution in [3.05, 3.63) is 88.1 Å². The third kappa shape index (κ3) is 12.9. The highest BCUT2D eigenvalue weighted by Crippen LogP contribution is 2.41. The van der Waals surface area contributed by atoms with E-state index in [0.29, 0.717) is 68.9 Å². The first-order chi connectivity index (χ1) is 33.1. The van der Waals surface area contributed by atoms with Gasteiger partial charge in [-0.25, -0.2) is 4.39 Å². The zero-order chi connectivity index (χ0) is 51.0. The van der Waals surface area contributed by atoms with Gasteiger partial charge in [0.15, 0.2) is 11.5 Å². The fraction of sp³-hybridized carbons (Fsp3) is 0.531. The Morgan fingerprint density at radius 1 is 1.03 bits per heavy atom. The van der Waals surface area contributed by atoms with E-state index in [1.165, 1.54) is 23.4 Å².